The minimum absolute atomic E-state index is 0.00769. The van der Waals surface area contributed by atoms with E-state index in [0.717, 1.165) is 0 Å². The van der Waals surface area contributed by atoms with Gasteiger partial charge in [0.1, 0.15) is 5.82 Å². The minimum Gasteiger partial charge on any atom is -0.338 e. The van der Waals surface area contributed by atoms with Crippen molar-refractivity contribution in [3.63, 3.8) is 0 Å². The lowest BCUT2D eigenvalue weighted by atomic mass is 10.3. The first-order chi connectivity index (χ1) is 11.1. The average molecular weight is 350 g/mol. The Labute approximate surface area is 141 Å². The summed E-state index contributed by atoms with van der Waals surface area (Å²) in [4.78, 5) is 4.27. The first kappa shape index (κ1) is 15.5. The Kier molecular flexibility index (Phi) is 4.55. The minimum atomic E-state index is -0.495. The average Bonchev–Trinajstić information content (AvgIpc) is 2.54. The van der Waals surface area contributed by atoms with Gasteiger partial charge in [-0.15, -0.1) is 5.10 Å². The van der Waals surface area contributed by atoms with E-state index in [9.17, 15) is 4.39 Å². The Hall–Kier alpha value is -2.44. The summed E-state index contributed by atoms with van der Waals surface area (Å²) in [5.74, 6) is 0.207. The van der Waals surface area contributed by atoms with Crippen molar-refractivity contribution in [2.75, 3.05) is 10.6 Å². The molecule has 0 aliphatic carbocycles. The normalized spacial score (nSPS) is 10.4. The van der Waals surface area contributed by atoms with Crippen LogP contribution in [0.2, 0.25) is 10.0 Å². The van der Waals surface area contributed by atoms with Crippen molar-refractivity contribution < 1.29 is 4.39 Å². The van der Waals surface area contributed by atoms with E-state index in [1.54, 1.807) is 6.07 Å². The van der Waals surface area contributed by atoms with Crippen LogP contribution in [0.15, 0.2) is 48.7 Å². The molecule has 2 N–H and O–H groups in total. The molecule has 0 unspecified atom stereocenters. The number of hydrogen-bond acceptors (Lipinski definition) is 5. The summed E-state index contributed by atoms with van der Waals surface area (Å²) in [5.41, 5.74) is 1.25. The molecule has 3 rings (SSSR count). The molecule has 0 saturated heterocycles. The van der Waals surface area contributed by atoms with Gasteiger partial charge in [0.05, 0.1) is 21.9 Å². The van der Waals surface area contributed by atoms with Crippen LogP contribution in [0.4, 0.5) is 27.5 Å². The maximum Gasteiger partial charge on any atom is 0.249 e. The highest BCUT2D eigenvalue weighted by Crippen LogP contribution is 2.25. The molecule has 0 atom stereocenters. The number of aromatic nitrogens is 3. The maximum atomic E-state index is 13.2. The third-order valence-corrected chi connectivity index (χ3v) is 3.49. The SMILES string of the molecule is Fc1ccc(Nc2nncc(Nc3ccccc3Cl)n2)cc1Cl. The van der Waals surface area contributed by atoms with Crippen LogP contribution in [-0.4, -0.2) is 15.2 Å². The van der Waals surface area contributed by atoms with Crippen molar-refractivity contribution in [3.05, 3.63) is 64.5 Å². The van der Waals surface area contributed by atoms with E-state index in [-0.39, 0.29) is 11.0 Å². The fourth-order valence-corrected chi connectivity index (χ4v) is 2.18. The molecule has 23 heavy (non-hydrogen) atoms. The number of benzene rings is 2. The Morgan fingerprint density at radius 1 is 0.957 bits per heavy atom. The second kappa shape index (κ2) is 6.76. The van der Waals surface area contributed by atoms with Crippen LogP contribution < -0.4 is 10.6 Å². The lowest BCUT2D eigenvalue weighted by Crippen LogP contribution is -2.02. The lowest BCUT2D eigenvalue weighted by Gasteiger charge is -2.09. The summed E-state index contributed by atoms with van der Waals surface area (Å²) in [7, 11) is 0. The summed E-state index contributed by atoms with van der Waals surface area (Å²) in [5, 5.41) is 14.2. The molecule has 8 heteroatoms. The van der Waals surface area contributed by atoms with E-state index in [0.29, 0.717) is 22.2 Å². The Balaban J connectivity index is 1.79. The van der Waals surface area contributed by atoms with Crippen LogP contribution in [0.3, 0.4) is 0 Å². The number of halogens is 3. The molecular weight excluding hydrogens is 340 g/mol. The van der Waals surface area contributed by atoms with Gasteiger partial charge in [-0.1, -0.05) is 35.3 Å². The van der Waals surface area contributed by atoms with Crippen molar-refractivity contribution in [3.8, 4) is 0 Å². The smallest absolute Gasteiger partial charge is 0.249 e. The first-order valence-corrected chi connectivity index (χ1v) is 7.31. The maximum absolute atomic E-state index is 13.2. The van der Waals surface area contributed by atoms with Crippen molar-refractivity contribution in [1.82, 2.24) is 15.2 Å². The highest BCUT2D eigenvalue weighted by atomic mass is 35.5. The summed E-state index contributed by atoms with van der Waals surface area (Å²) >= 11 is 11.8. The number of nitrogens with one attached hydrogen (secondary N) is 2. The zero-order valence-corrected chi connectivity index (χ0v) is 13.1. The van der Waals surface area contributed by atoms with Crippen molar-refractivity contribution in [2.45, 2.75) is 0 Å². The molecule has 0 spiro atoms. The molecule has 0 radical (unpaired) electrons. The second-order valence-electron chi connectivity index (χ2n) is 4.52. The number of rotatable bonds is 4. The van der Waals surface area contributed by atoms with Crippen LogP contribution in [0.5, 0.6) is 0 Å². The molecule has 3 aromatic rings. The standard InChI is InChI=1S/C15H10Cl2FN5/c16-10-3-1-2-4-13(10)21-14-8-19-23-15(22-14)20-9-5-6-12(18)11(17)7-9/h1-8H,(H2,20,21,22,23). The van der Waals surface area contributed by atoms with Gasteiger partial charge < -0.3 is 10.6 Å². The monoisotopic (exact) mass is 349 g/mol. The first-order valence-electron chi connectivity index (χ1n) is 6.55. The largest absolute Gasteiger partial charge is 0.338 e. The van der Waals surface area contributed by atoms with E-state index >= 15 is 0 Å². The van der Waals surface area contributed by atoms with Gasteiger partial charge in [-0.2, -0.15) is 10.1 Å². The number of anilines is 4. The van der Waals surface area contributed by atoms with Crippen LogP contribution in [0.1, 0.15) is 0 Å². The fourth-order valence-electron chi connectivity index (χ4n) is 1.82. The fraction of sp³-hybridized carbons (Fsp3) is 0. The molecule has 2 aromatic carbocycles. The van der Waals surface area contributed by atoms with Crippen molar-refractivity contribution >= 4 is 46.3 Å². The van der Waals surface area contributed by atoms with Crippen molar-refractivity contribution in [2.24, 2.45) is 0 Å². The quantitative estimate of drug-likeness (QED) is 0.707. The summed E-state index contributed by atoms with van der Waals surface area (Å²) in [6, 6.07) is 11.5. The van der Waals surface area contributed by atoms with Crippen LogP contribution >= 0.6 is 23.2 Å². The Bertz CT molecular complexity index is 844. The lowest BCUT2D eigenvalue weighted by molar-refractivity contribution is 0.628. The molecule has 0 amide bonds. The van der Waals surface area contributed by atoms with Crippen molar-refractivity contribution in [1.29, 1.82) is 0 Å². The van der Waals surface area contributed by atoms with Gasteiger partial charge in [0, 0.05) is 5.69 Å². The molecule has 0 saturated carbocycles. The molecule has 1 aromatic heterocycles. The Morgan fingerprint density at radius 2 is 1.78 bits per heavy atom. The molecule has 1 heterocycles. The number of hydrogen-bond donors (Lipinski definition) is 2. The molecule has 0 aliphatic heterocycles. The van der Waals surface area contributed by atoms with E-state index in [1.807, 2.05) is 18.2 Å². The van der Waals surface area contributed by atoms with E-state index in [2.05, 4.69) is 25.8 Å². The topological polar surface area (TPSA) is 62.7 Å². The third-order valence-electron chi connectivity index (χ3n) is 2.87. The third kappa shape index (κ3) is 3.85. The summed E-state index contributed by atoms with van der Waals surface area (Å²) < 4.78 is 13.2. The van der Waals surface area contributed by atoms with Gasteiger partial charge >= 0.3 is 0 Å². The van der Waals surface area contributed by atoms with Gasteiger partial charge in [-0.05, 0) is 30.3 Å². The summed E-state index contributed by atoms with van der Waals surface area (Å²) in [6.45, 7) is 0. The highest BCUT2D eigenvalue weighted by Gasteiger charge is 2.06. The van der Waals surface area contributed by atoms with Gasteiger partial charge in [-0.25, -0.2) is 4.39 Å². The molecule has 0 aliphatic rings. The van der Waals surface area contributed by atoms with E-state index in [4.69, 9.17) is 23.2 Å². The van der Waals surface area contributed by atoms with Gasteiger partial charge in [0.2, 0.25) is 5.95 Å². The van der Waals surface area contributed by atoms with Gasteiger partial charge in [0.15, 0.2) is 5.82 Å². The van der Waals surface area contributed by atoms with Gasteiger partial charge in [-0.3, -0.25) is 0 Å². The molecule has 0 fully saturated rings. The predicted molar refractivity (Wildman–Crippen MR) is 89.3 cm³/mol. The Morgan fingerprint density at radius 3 is 2.57 bits per heavy atom. The van der Waals surface area contributed by atoms with Gasteiger partial charge in [0.25, 0.3) is 0 Å². The number of para-hydroxylation sites is 1. The molecule has 116 valence electrons. The van der Waals surface area contributed by atoms with E-state index in [1.165, 1.54) is 24.4 Å². The zero-order valence-electron chi connectivity index (χ0n) is 11.6. The predicted octanol–water partition coefficient (Wildman–Crippen LogP) is 4.80. The van der Waals surface area contributed by atoms with Crippen LogP contribution in [-0.2, 0) is 0 Å². The molecule has 5 nitrogen and oxygen atoms in total. The van der Waals surface area contributed by atoms with Crippen LogP contribution in [0.25, 0.3) is 0 Å². The van der Waals surface area contributed by atoms with E-state index < -0.39 is 5.82 Å². The highest BCUT2D eigenvalue weighted by molar-refractivity contribution is 6.33. The second-order valence-corrected chi connectivity index (χ2v) is 5.34. The number of nitrogens with zero attached hydrogens (tertiary/aromatic N) is 3. The molecule has 0 bridgehead atoms. The van der Waals surface area contributed by atoms with Crippen LogP contribution in [0, 0.1) is 5.82 Å². The summed E-state index contributed by atoms with van der Waals surface area (Å²) in [6.07, 6.45) is 1.46. The molecular formula is C15H10Cl2FN5. The zero-order chi connectivity index (χ0) is 16.2.